The normalized spacial score (nSPS) is 16.6. The highest BCUT2D eigenvalue weighted by molar-refractivity contribution is 5.64. The Hall–Kier alpha value is -2.70. The molecule has 0 unspecified atom stereocenters. The van der Waals surface area contributed by atoms with Gasteiger partial charge in [0.05, 0.1) is 30.7 Å². The van der Waals surface area contributed by atoms with Gasteiger partial charge in [-0.15, -0.1) is 0 Å². The number of nitrogens with zero attached hydrogens (tertiary/aromatic N) is 3. The molecule has 3 aromatic rings. The maximum Gasteiger partial charge on any atom is 0.165 e. The molecule has 0 aliphatic carbocycles. The summed E-state index contributed by atoms with van der Waals surface area (Å²) in [6.07, 6.45) is 2.06. The van der Waals surface area contributed by atoms with Crippen molar-refractivity contribution in [3.63, 3.8) is 0 Å². The number of rotatable bonds is 5. The monoisotopic (exact) mass is 409 g/mol. The fourth-order valence-corrected chi connectivity index (χ4v) is 4.02. The molecule has 158 valence electrons. The Morgan fingerprint density at radius 3 is 2.70 bits per heavy atom. The van der Waals surface area contributed by atoms with E-state index in [-0.39, 0.29) is 17.2 Å². The molecule has 0 atom stereocenters. The zero-order valence-electron chi connectivity index (χ0n) is 18.0. The number of methoxy groups -OCH3 is 1. The lowest BCUT2D eigenvalue weighted by molar-refractivity contribution is -0.0882. The molecular weight excluding hydrogens is 381 g/mol. The van der Waals surface area contributed by atoms with Crippen molar-refractivity contribution in [1.29, 1.82) is 0 Å². The van der Waals surface area contributed by atoms with Crippen LogP contribution in [0.25, 0.3) is 16.9 Å². The Balaban J connectivity index is 1.75. The van der Waals surface area contributed by atoms with Crippen molar-refractivity contribution in [2.45, 2.75) is 32.9 Å². The number of para-hydroxylation sites is 1. The average molecular weight is 410 g/mol. The molecule has 0 saturated carbocycles. The fraction of sp³-hybridized carbons (Fsp3) is 0.375. The number of aromatic nitrogens is 2. The quantitative estimate of drug-likeness (QED) is 0.617. The summed E-state index contributed by atoms with van der Waals surface area (Å²) in [6.45, 7) is 9.39. The zero-order chi connectivity index (χ0) is 21.3. The molecule has 4 rings (SSSR count). The van der Waals surface area contributed by atoms with Crippen LogP contribution in [0, 0.1) is 12.7 Å². The van der Waals surface area contributed by atoms with E-state index in [1.807, 2.05) is 28.9 Å². The first-order chi connectivity index (χ1) is 14.4. The first-order valence-electron chi connectivity index (χ1n) is 10.2. The van der Waals surface area contributed by atoms with Gasteiger partial charge in [0, 0.05) is 37.0 Å². The van der Waals surface area contributed by atoms with Crippen LogP contribution in [-0.2, 0) is 11.3 Å². The van der Waals surface area contributed by atoms with Crippen LogP contribution in [0.5, 0.6) is 5.75 Å². The number of morpholine rings is 1. The molecular formula is C24H28FN3O2. The van der Waals surface area contributed by atoms with Gasteiger partial charge >= 0.3 is 0 Å². The van der Waals surface area contributed by atoms with Gasteiger partial charge in [0.1, 0.15) is 0 Å². The number of hydrogen-bond acceptors (Lipinski definition) is 4. The van der Waals surface area contributed by atoms with Crippen LogP contribution >= 0.6 is 0 Å². The summed E-state index contributed by atoms with van der Waals surface area (Å²) < 4.78 is 27.3. The van der Waals surface area contributed by atoms with Crippen LogP contribution in [0.2, 0.25) is 0 Å². The molecule has 0 spiro atoms. The van der Waals surface area contributed by atoms with Gasteiger partial charge in [-0.1, -0.05) is 18.2 Å². The Morgan fingerprint density at radius 2 is 2.00 bits per heavy atom. The van der Waals surface area contributed by atoms with Crippen molar-refractivity contribution >= 4 is 0 Å². The number of benzene rings is 2. The largest absolute Gasteiger partial charge is 0.494 e. The minimum absolute atomic E-state index is 0.184. The first-order valence-corrected chi connectivity index (χ1v) is 10.2. The van der Waals surface area contributed by atoms with E-state index in [9.17, 15) is 4.39 Å². The van der Waals surface area contributed by atoms with Crippen LogP contribution in [0.15, 0.2) is 48.7 Å². The van der Waals surface area contributed by atoms with E-state index < -0.39 is 0 Å². The minimum atomic E-state index is -0.390. The third-order valence-electron chi connectivity index (χ3n) is 5.48. The predicted molar refractivity (Wildman–Crippen MR) is 116 cm³/mol. The molecule has 1 aromatic heterocycles. The number of halogens is 1. The molecule has 2 heterocycles. The molecule has 2 aromatic carbocycles. The molecule has 5 nitrogen and oxygen atoms in total. The van der Waals surface area contributed by atoms with Crippen molar-refractivity contribution in [2.24, 2.45) is 0 Å². The third kappa shape index (κ3) is 4.25. The smallest absolute Gasteiger partial charge is 0.165 e. The van der Waals surface area contributed by atoms with Crippen molar-refractivity contribution in [3.05, 3.63) is 65.6 Å². The Labute approximate surface area is 177 Å². The molecule has 1 saturated heterocycles. The summed E-state index contributed by atoms with van der Waals surface area (Å²) in [4.78, 5) is 2.37. The van der Waals surface area contributed by atoms with E-state index in [2.05, 4.69) is 37.9 Å². The van der Waals surface area contributed by atoms with Crippen molar-refractivity contribution in [3.8, 4) is 22.7 Å². The fourth-order valence-electron chi connectivity index (χ4n) is 4.02. The van der Waals surface area contributed by atoms with Gasteiger partial charge < -0.3 is 9.47 Å². The van der Waals surface area contributed by atoms with Crippen LogP contribution in [0.4, 0.5) is 4.39 Å². The van der Waals surface area contributed by atoms with Crippen LogP contribution < -0.4 is 4.74 Å². The summed E-state index contributed by atoms with van der Waals surface area (Å²) in [5.41, 5.74) is 4.54. The highest BCUT2D eigenvalue weighted by Crippen LogP contribution is 2.30. The molecule has 6 heteroatoms. The summed E-state index contributed by atoms with van der Waals surface area (Å²) in [7, 11) is 1.47. The molecule has 0 amide bonds. The molecule has 1 fully saturated rings. The van der Waals surface area contributed by atoms with Crippen molar-refractivity contribution < 1.29 is 13.9 Å². The lowest BCUT2D eigenvalue weighted by atomic mass is 10.0. The van der Waals surface area contributed by atoms with E-state index in [1.165, 1.54) is 13.2 Å². The highest BCUT2D eigenvalue weighted by Gasteiger charge is 2.28. The molecule has 0 N–H and O–H groups in total. The van der Waals surface area contributed by atoms with Crippen LogP contribution in [0.1, 0.15) is 25.0 Å². The van der Waals surface area contributed by atoms with E-state index in [1.54, 1.807) is 6.07 Å². The van der Waals surface area contributed by atoms with Gasteiger partial charge in [-0.25, -0.2) is 9.07 Å². The van der Waals surface area contributed by atoms with Gasteiger partial charge in [-0.2, -0.15) is 5.10 Å². The second-order valence-corrected chi connectivity index (χ2v) is 8.40. The van der Waals surface area contributed by atoms with E-state index in [0.29, 0.717) is 6.61 Å². The topological polar surface area (TPSA) is 39.5 Å². The van der Waals surface area contributed by atoms with E-state index >= 15 is 0 Å². The van der Waals surface area contributed by atoms with Gasteiger partial charge in [0.15, 0.2) is 11.6 Å². The SMILES string of the molecule is COc1ccc(-c2nn(-c3ccccc3C)cc2CN2CCOC(C)(C)C2)cc1F. The predicted octanol–water partition coefficient (Wildman–Crippen LogP) is 4.61. The number of hydrogen-bond donors (Lipinski definition) is 0. The van der Waals surface area contributed by atoms with E-state index in [0.717, 1.165) is 47.7 Å². The van der Waals surface area contributed by atoms with Gasteiger partial charge in [0.2, 0.25) is 0 Å². The van der Waals surface area contributed by atoms with Crippen LogP contribution in [-0.4, -0.2) is 47.1 Å². The number of ether oxygens (including phenoxy) is 2. The van der Waals surface area contributed by atoms with Crippen molar-refractivity contribution in [1.82, 2.24) is 14.7 Å². The molecule has 1 aliphatic heterocycles. The minimum Gasteiger partial charge on any atom is -0.494 e. The summed E-state index contributed by atoms with van der Waals surface area (Å²) >= 11 is 0. The van der Waals surface area contributed by atoms with Crippen molar-refractivity contribution in [2.75, 3.05) is 26.8 Å². The average Bonchev–Trinajstić information content (AvgIpc) is 3.11. The molecule has 30 heavy (non-hydrogen) atoms. The zero-order valence-corrected chi connectivity index (χ0v) is 18.0. The van der Waals surface area contributed by atoms with E-state index in [4.69, 9.17) is 14.6 Å². The maximum absolute atomic E-state index is 14.4. The lowest BCUT2D eigenvalue weighted by Crippen LogP contribution is -2.47. The second-order valence-electron chi connectivity index (χ2n) is 8.40. The Bertz CT molecular complexity index is 1040. The standard InChI is InChI=1S/C24H28FN3O2/c1-17-7-5-6-8-21(17)28-15-19(14-27-11-12-30-24(2,3)16-27)23(26-28)18-9-10-22(29-4)20(25)13-18/h5-10,13,15H,11-12,14,16H2,1-4H3. The molecule has 0 radical (unpaired) electrons. The number of aryl methyl sites for hydroxylation is 1. The van der Waals surface area contributed by atoms with Gasteiger partial charge in [-0.3, -0.25) is 4.90 Å². The first kappa shape index (κ1) is 20.6. The summed E-state index contributed by atoms with van der Waals surface area (Å²) in [5, 5.41) is 4.86. The van der Waals surface area contributed by atoms with Gasteiger partial charge in [-0.05, 0) is 50.6 Å². The third-order valence-corrected chi connectivity index (χ3v) is 5.48. The molecule has 0 bridgehead atoms. The highest BCUT2D eigenvalue weighted by atomic mass is 19.1. The Kier molecular flexibility index (Phi) is 5.62. The molecule has 1 aliphatic rings. The lowest BCUT2D eigenvalue weighted by Gasteiger charge is -2.38. The Morgan fingerprint density at radius 1 is 1.20 bits per heavy atom. The van der Waals surface area contributed by atoms with Crippen LogP contribution in [0.3, 0.4) is 0 Å². The second kappa shape index (κ2) is 8.20. The summed E-state index contributed by atoms with van der Waals surface area (Å²) in [5.74, 6) is -0.160. The van der Waals surface area contributed by atoms with Gasteiger partial charge in [0.25, 0.3) is 0 Å². The summed E-state index contributed by atoms with van der Waals surface area (Å²) in [6, 6.07) is 13.1. The maximum atomic E-state index is 14.4.